The van der Waals surface area contributed by atoms with E-state index in [4.69, 9.17) is 0 Å². The first-order valence-electron chi connectivity index (χ1n) is 6.37. The fourth-order valence-electron chi connectivity index (χ4n) is 1.51. The molecule has 0 heterocycles. The molecule has 0 unspecified atom stereocenters. The third-order valence-electron chi connectivity index (χ3n) is 2.52. The van der Waals surface area contributed by atoms with E-state index in [-0.39, 0.29) is 11.9 Å². The summed E-state index contributed by atoms with van der Waals surface area (Å²) in [6.07, 6.45) is 1.25. The molecule has 1 rings (SSSR count). The first kappa shape index (κ1) is 15.0. The average Bonchev–Trinajstić information content (AvgIpc) is 2.36. The van der Waals surface area contributed by atoms with Crippen LogP contribution in [-0.4, -0.2) is 37.5 Å². The SMILES string of the molecule is CCCNC(=O)Cc1cccc(NC(=O)N(C)C)c1. The van der Waals surface area contributed by atoms with Gasteiger partial charge in [0.05, 0.1) is 6.42 Å². The minimum absolute atomic E-state index is 0.00191. The number of carbonyl (C=O) groups excluding carboxylic acids is 2. The second kappa shape index (κ2) is 7.41. The van der Waals surface area contributed by atoms with Gasteiger partial charge in [0, 0.05) is 26.3 Å². The Hall–Kier alpha value is -2.04. The van der Waals surface area contributed by atoms with Gasteiger partial charge in [0.2, 0.25) is 5.91 Å². The number of nitrogens with zero attached hydrogens (tertiary/aromatic N) is 1. The number of urea groups is 1. The van der Waals surface area contributed by atoms with Crippen LogP contribution in [0, 0.1) is 0 Å². The topological polar surface area (TPSA) is 61.4 Å². The van der Waals surface area contributed by atoms with Crippen LogP contribution in [0.5, 0.6) is 0 Å². The Balaban J connectivity index is 2.61. The quantitative estimate of drug-likeness (QED) is 0.851. The largest absolute Gasteiger partial charge is 0.356 e. The van der Waals surface area contributed by atoms with Crippen LogP contribution in [0.3, 0.4) is 0 Å². The Morgan fingerprint density at radius 1 is 1.26 bits per heavy atom. The maximum atomic E-state index is 11.6. The summed E-state index contributed by atoms with van der Waals surface area (Å²) in [5, 5.41) is 5.58. The summed E-state index contributed by atoms with van der Waals surface area (Å²) >= 11 is 0. The molecule has 0 saturated heterocycles. The lowest BCUT2D eigenvalue weighted by Gasteiger charge is -2.12. The summed E-state index contributed by atoms with van der Waals surface area (Å²) < 4.78 is 0. The fraction of sp³-hybridized carbons (Fsp3) is 0.429. The van der Waals surface area contributed by atoms with Crippen molar-refractivity contribution < 1.29 is 9.59 Å². The lowest BCUT2D eigenvalue weighted by Crippen LogP contribution is -2.27. The summed E-state index contributed by atoms with van der Waals surface area (Å²) in [6, 6.07) is 7.12. The molecule has 0 radical (unpaired) electrons. The molecule has 0 aliphatic heterocycles. The molecule has 104 valence electrons. The van der Waals surface area contributed by atoms with Crippen LogP contribution in [-0.2, 0) is 11.2 Å². The number of carbonyl (C=O) groups is 2. The molecule has 0 aliphatic rings. The van der Waals surface area contributed by atoms with Crippen molar-refractivity contribution in [2.24, 2.45) is 0 Å². The minimum Gasteiger partial charge on any atom is -0.356 e. The lowest BCUT2D eigenvalue weighted by atomic mass is 10.1. The molecule has 0 spiro atoms. The second-order valence-corrected chi connectivity index (χ2v) is 4.55. The molecule has 1 aromatic rings. The van der Waals surface area contributed by atoms with Gasteiger partial charge in [0.25, 0.3) is 0 Å². The van der Waals surface area contributed by atoms with Crippen LogP contribution in [0.25, 0.3) is 0 Å². The lowest BCUT2D eigenvalue weighted by molar-refractivity contribution is -0.120. The highest BCUT2D eigenvalue weighted by Gasteiger charge is 2.06. The summed E-state index contributed by atoms with van der Waals surface area (Å²) in [5.74, 6) is -0.00191. The van der Waals surface area contributed by atoms with Crippen LogP contribution in [0.2, 0.25) is 0 Å². The highest BCUT2D eigenvalue weighted by atomic mass is 16.2. The maximum Gasteiger partial charge on any atom is 0.321 e. The van der Waals surface area contributed by atoms with E-state index >= 15 is 0 Å². The molecular weight excluding hydrogens is 242 g/mol. The zero-order valence-corrected chi connectivity index (χ0v) is 11.7. The molecule has 3 amide bonds. The van der Waals surface area contributed by atoms with E-state index in [9.17, 15) is 9.59 Å². The zero-order chi connectivity index (χ0) is 14.3. The normalized spacial score (nSPS) is 9.84. The second-order valence-electron chi connectivity index (χ2n) is 4.55. The predicted molar refractivity (Wildman–Crippen MR) is 76.2 cm³/mol. The van der Waals surface area contributed by atoms with Crippen molar-refractivity contribution in [3.05, 3.63) is 29.8 Å². The summed E-state index contributed by atoms with van der Waals surface area (Å²) in [7, 11) is 3.36. The molecule has 1 aromatic carbocycles. The molecule has 19 heavy (non-hydrogen) atoms. The van der Waals surface area contributed by atoms with Gasteiger partial charge in [-0.05, 0) is 24.1 Å². The molecular formula is C14H21N3O2. The average molecular weight is 263 g/mol. The van der Waals surface area contributed by atoms with Crippen molar-refractivity contribution in [1.29, 1.82) is 0 Å². The van der Waals surface area contributed by atoms with Gasteiger partial charge in [-0.25, -0.2) is 4.79 Å². The predicted octanol–water partition coefficient (Wildman–Crippen LogP) is 1.85. The number of hydrogen-bond donors (Lipinski definition) is 2. The van der Waals surface area contributed by atoms with E-state index in [1.807, 2.05) is 25.1 Å². The Kier molecular flexibility index (Phi) is 5.85. The van der Waals surface area contributed by atoms with Gasteiger partial charge >= 0.3 is 6.03 Å². The van der Waals surface area contributed by atoms with Gasteiger partial charge in [0.15, 0.2) is 0 Å². The first-order valence-corrected chi connectivity index (χ1v) is 6.37. The molecule has 5 heteroatoms. The van der Waals surface area contributed by atoms with Gasteiger partial charge in [-0.1, -0.05) is 19.1 Å². The van der Waals surface area contributed by atoms with E-state index in [0.717, 1.165) is 12.0 Å². The third-order valence-corrected chi connectivity index (χ3v) is 2.52. The van der Waals surface area contributed by atoms with E-state index in [1.165, 1.54) is 4.90 Å². The number of hydrogen-bond acceptors (Lipinski definition) is 2. The van der Waals surface area contributed by atoms with E-state index in [2.05, 4.69) is 10.6 Å². The smallest absolute Gasteiger partial charge is 0.321 e. The Labute approximate surface area is 114 Å². The number of benzene rings is 1. The summed E-state index contributed by atoms with van der Waals surface area (Å²) in [5.41, 5.74) is 1.57. The molecule has 2 N–H and O–H groups in total. The van der Waals surface area contributed by atoms with E-state index < -0.39 is 0 Å². The number of anilines is 1. The molecule has 0 saturated carbocycles. The molecule has 0 bridgehead atoms. The van der Waals surface area contributed by atoms with Crippen molar-refractivity contribution in [3.63, 3.8) is 0 Å². The van der Waals surface area contributed by atoms with Crippen LogP contribution < -0.4 is 10.6 Å². The Bertz CT molecular complexity index is 444. The summed E-state index contributed by atoms with van der Waals surface area (Å²) in [4.78, 5) is 24.6. The maximum absolute atomic E-state index is 11.6. The van der Waals surface area contributed by atoms with Crippen LogP contribution in [0.1, 0.15) is 18.9 Å². The Morgan fingerprint density at radius 3 is 2.63 bits per heavy atom. The number of amides is 3. The van der Waals surface area contributed by atoms with E-state index in [0.29, 0.717) is 18.7 Å². The van der Waals surface area contributed by atoms with E-state index in [1.54, 1.807) is 20.2 Å². The van der Waals surface area contributed by atoms with Crippen LogP contribution >= 0.6 is 0 Å². The molecule has 0 aromatic heterocycles. The van der Waals surface area contributed by atoms with Gasteiger partial charge in [-0.2, -0.15) is 0 Å². The van der Waals surface area contributed by atoms with Gasteiger partial charge < -0.3 is 15.5 Å². The molecule has 5 nitrogen and oxygen atoms in total. The third kappa shape index (κ3) is 5.42. The fourth-order valence-corrected chi connectivity index (χ4v) is 1.51. The van der Waals surface area contributed by atoms with Crippen LogP contribution in [0.4, 0.5) is 10.5 Å². The number of nitrogens with one attached hydrogen (secondary N) is 2. The van der Waals surface area contributed by atoms with Crippen LogP contribution in [0.15, 0.2) is 24.3 Å². The standard InChI is InChI=1S/C14H21N3O2/c1-4-8-15-13(18)10-11-6-5-7-12(9-11)16-14(19)17(2)3/h5-7,9H,4,8,10H2,1-3H3,(H,15,18)(H,16,19). The molecule has 0 fully saturated rings. The van der Waals surface area contributed by atoms with Crippen molar-refractivity contribution >= 4 is 17.6 Å². The van der Waals surface area contributed by atoms with Gasteiger partial charge in [-0.15, -0.1) is 0 Å². The molecule has 0 aliphatic carbocycles. The van der Waals surface area contributed by atoms with Gasteiger partial charge in [-0.3, -0.25) is 4.79 Å². The number of rotatable bonds is 5. The highest BCUT2D eigenvalue weighted by molar-refractivity contribution is 5.89. The molecule has 0 atom stereocenters. The van der Waals surface area contributed by atoms with Crippen molar-refractivity contribution in [1.82, 2.24) is 10.2 Å². The Morgan fingerprint density at radius 2 is 2.00 bits per heavy atom. The van der Waals surface area contributed by atoms with Crippen molar-refractivity contribution in [2.45, 2.75) is 19.8 Å². The monoisotopic (exact) mass is 263 g/mol. The first-order chi connectivity index (χ1) is 9.02. The summed E-state index contributed by atoms with van der Waals surface area (Å²) in [6.45, 7) is 2.70. The van der Waals surface area contributed by atoms with Crippen molar-refractivity contribution in [2.75, 3.05) is 26.0 Å². The van der Waals surface area contributed by atoms with Gasteiger partial charge in [0.1, 0.15) is 0 Å². The zero-order valence-electron chi connectivity index (χ0n) is 11.7. The highest BCUT2D eigenvalue weighted by Crippen LogP contribution is 2.11. The van der Waals surface area contributed by atoms with Crippen molar-refractivity contribution in [3.8, 4) is 0 Å². The minimum atomic E-state index is -0.187.